The molecule has 3 N–H and O–H groups in total. The first-order chi connectivity index (χ1) is 12.6. The number of hydrogen-bond donors (Lipinski definition) is 3. The highest BCUT2D eigenvalue weighted by molar-refractivity contribution is 5.78. The lowest BCUT2D eigenvalue weighted by Crippen LogP contribution is -2.61. The Hall–Kier alpha value is -1.30. The summed E-state index contributed by atoms with van der Waals surface area (Å²) in [4.78, 5) is 26.6. The number of amides is 3. The molecule has 0 aromatic rings. The van der Waals surface area contributed by atoms with E-state index >= 15 is 0 Å². The predicted molar refractivity (Wildman–Crippen MR) is 107 cm³/mol. The Balaban J connectivity index is 1.35. The summed E-state index contributed by atoms with van der Waals surface area (Å²) >= 11 is 0. The van der Waals surface area contributed by atoms with Crippen molar-refractivity contribution in [1.29, 1.82) is 0 Å². The molecule has 0 spiro atoms. The monoisotopic (exact) mass is 378 g/mol. The number of carbonyl (C=O) groups excluding carboxylic acids is 2. The topological polar surface area (TPSA) is 73.5 Å². The molecule has 154 valence electrons. The predicted octanol–water partition coefficient (Wildman–Crippen LogP) is 2.35. The smallest absolute Gasteiger partial charge is 0.315 e. The van der Waals surface area contributed by atoms with Gasteiger partial charge in [-0.15, -0.1) is 0 Å². The van der Waals surface area contributed by atoms with Gasteiger partial charge in [-0.2, -0.15) is 0 Å². The maximum Gasteiger partial charge on any atom is 0.315 e. The van der Waals surface area contributed by atoms with Gasteiger partial charge in [0.15, 0.2) is 0 Å². The SMILES string of the molecule is CN(C)CC(C)(C)CNC(=O)CCNC(=O)NC12CC3CC(CC(C3)C1)C2. The van der Waals surface area contributed by atoms with Crippen LogP contribution in [-0.2, 0) is 4.79 Å². The standard InChI is InChI=1S/C21H38N4O2/c1-20(2,14-25(3)4)13-23-18(26)5-6-22-19(27)24-21-10-15-7-16(11-21)9-17(8-15)12-21/h15-17H,5-14H2,1-4H3,(H,23,26)(H2,22,24,27). The minimum absolute atomic E-state index is 0.00284. The van der Waals surface area contributed by atoms with E-state index in [1.165, 1.54) is 19.3 Å². The van der Waals surface area contributed by atoms with E-state index in [2.05, 4.69) is 34.7 Å². The van der Waals surface area contributed by atoms with Crippen LogP contribution in [0.25, 0.3) is 0 Å². The van der Waals surface area contributed by atoms with Gasteiger partial charge in [0.1, 0.15) is 0 Å². The molecule has 4 fully saturated rings. The van der Waals surface area contributed by atoms with E-state index in [0.717, 1.165) is 43.6 Å². The number of nitrogens with zero attached hydrogens (tertiary/aromatic N) is 1. The van der Waals surface area contributed by atoms with Gasteiger partial charge < -0.3 is 20.9 Å². The van der Waals surface area contributed by atoms with Crippen molar-refractivity contribution in [2.45, 2.75) is 64.3 Å². The first-order valence-corrected chi connectivity index (χ1v) is 10.6. The maximum absolute atomic E-state index is 12.4. The molecule has 4 rings (SSSR count). The van der Waals surface area contributed by atoms with E-state index in [-0.39, 0.29) is 22.9 Å². The first-order valence-electron chi connectivity index (χ1n) is 10.6. The molecule has 0 heterocycles. The Morgan fingerprint density at radius 3 is 2.07 bits per heavy atom. The highest BCUT2D eigenvalue weighted by Gasteiger charge is 2.51. The average Bonchev–Trinajstić information content (AvgIpc) is 2.50. The lowest BCUT2D eigenvalue weighted by atomic mass is 9.53. The van der Waals surface area contributed by atoms with Crippen LogP contribution >= 0.6 is 0 Å². The summed E-state index contributed by atoms with van der Waals surface area (Å²) in [5, 5.41) is 9.18. The van der Waals surface area contributed by atoms with E-state index < -0.39 is 0 Å². The lowest BCUT2D eigenvalue weighted by Gasteiger charge is -2.56. The van der Waals surface area contributed by atoms with Gasteiger partial charge in [0.2, 0.25) is 5.91 Å². The van der Waals surface area contributed by atoms with Gasteiger partial charge in [0.25, 0.3) is 0 Å². The Kier molecular flexibility index (Phi) is 6.04. The molecule has 4 bridgehead atoms. The summed E-state index contributed by atoms with van der Waals surface area (Å²) in [6.07, 6.45) is 7.87. The molecule has 0 aliphatic heterocycles. The van der Waals surface area contributed by atoms with Crippen LogP contribution < -0.4 is 16.0 Å². The fourth-order valence-electron chi connectivity index (χ4n) is 6.18. The fourth-order valence-corrected chi connectivity index (χ4v) is 6.18. The summed E-state index contributed by atoms with van der Waals surface area (Å²) in [7, 11) is 4.08. The van der Waals surface area contributed by atoms with Crippen molar-refractivity contribution < 1.29 is 9.59 Å². The first kappa shape index (κ1) is 20.4. The lowest BCUT2D eigenvalue weighted by molar-refractivity contribution is -0.121. The molecule has 27 heavy (non-hydrogen) atoms. The minimum Gasteiger partial charge on any atom is -0.355 e. The van der Waals surface area contributed by atoms with Crippen LogP contribution in [0.15, 0.2) is 0 Å². The molecule has 0 saturated heterocycles. The van der Waals surface area contributed by atoms with Crippen LogP contribution in [0, 0.1) is 23.2 Å². The van der Waals surface area contributed by atoms with Gasteiger partial charge in [-0.25, -0.2) is 4.79 Å². The highest BCUT2D eigenvalue weighted by Crippen LogP contribution is 2.55. The zero-order chi connectivity index (χ0) is 19.7. The number of nitrogens with one attached hydrogen (secondary N) is 3. The molecule has 4 saturated carbocycles. The third-order valence-corrected chi connectivity index (χ3v) is 6.56. The Morgan fingerprint density at radius 2 is 1.56 bits per heavy atom. The van der Waals surface area contributed by atoms with Gasteiger partial charge in [-0.1, -0.05) is 13.8 Å². The second-order valence-electron chi connectivity index (χ2n) is 10.5. The van der Waals surface area contributed by atoms with Gasteiger partial charge >= 0.3 is 6.03 Å². The second-order valence-corrected chi connectivity index (χ2v) is 10.5. The zero-order valence-corrected chi connectivity index (χ0v) is 17.6. The molecule has 4 aliphatic carbocycles. The Labute approximate surface area is 164 Å². The maximum atomic E-state index is 12.4. The summed E-state index contributed by atoms with van der Waals surface area (Å²) in [5.41, 5.74) is 0.0553. The summed E-state index contributed by atoms with van der Waals surface area (Å²) in [5.74, 6) is 2.44. The van der Waals surface area contributed by atoms with Gasteiger partial charge in [0, 0.05) is 31.6 Å². The molecule has 3 amide bonds. The second kappa shape index (κ2) is 7.98. The van der Waals surface area contributed by atoms with E-state index in [4.69, 9.17) is 0 Å². The van der Waals surface area contributed by atoms with Gasteiger partial charge in [-0.05, 0) is 75.8 Å². The van der Waals surface area contributed by atoms with Crippen molar-refractivity contribution in [2.75, 3.05) is 33.7 Å². The molecule has 0 aromatic carbocycles. The number of carbonyl (C=O) groups is 2. The highest BCUT2D eigenvalue weighted by atomic mass is 16.2. The van der Waals surface area contributed by atoms with Crippen molar-refractivity contribution in [3.63, 3.8) is 0 Å². The van der Waals surface area contributed by atoms with Crippen LogP contribution in [0.4, 0.5) is 4.79 Å². The van der Waals surface area contributed by atoms with Crippen molar-refractivity contribution in [1.82, 2.24) is 20.9 Å². The fraction of sp³-hybridized carbons (Fsp3) is 0.905. The molecular formula is C21H38N4O2. The summed E-state index contributed by atoms with van der Waals surface area (Å²) in [6.45, 7) is 6.23. The van der Waals surface area contributed by atoms with Crippen molar-refractivity contribution >= 4 is 11.9 Å². The van der Waals surface area contributed by atoms with Crippen LogP contribution in [0.5, 0.6) is 0 Å². The van der Waals surface area contributed by atoms with E-state index in [1.807, 2.05) is 14.1 Å². The van der Waals surface area contributed by atoms with Crippen LogP contribution in [0.2, 0.25) is 0 Å². The number of hydrogen-bond acceptors (Lipinski definition) is 3. The van der Waals surface area contributed by atoms with E-state index in [1.54, 1.807) is 0 Å². The molecule has 0 radical (unpaired) electrons. The van der Waals surface area contributed by atoms with Crippen LogP contribution in [0.3, 0.4) is 0 Å². The zero-order valence-electron chi connectivity index (χ0n) is 17.6. The van der Waals surface area contributed by atoms with Crippen molar-refractivity contribution in [3.05, 3.63) is 0 Å². The van der Waals surface area contributed by atoms with Crippen LogP contribution in [-0.4, -0.2) is 56.1 Å². The molecule has 0 unspecified atom stereocenters. The number of urea groups is 1. The van der Waals surface area contributed by atoms with E-state index in [9.17, 15) is 9.59 Å². The third-order valence-electron chi connectivity index (χ3n) is 6.56. The molecule has 0 aromatic heterocycles. The molecular weight excluding hydrogens is 340 g/mol. The van der Waals surface area contributed by atoms with Crippen molar-refractivity contribution in [3.8, 4) is 0 Å². The van der Waals surface area contributed by atoms with Gasteiger partial charge in [-0.3, -0.25) is 4.79 Å². The minimum atomic E-state index is -0.0994. The van der Waals surface area contributed by atoms with Crippen molar-refractivity contribution in [2.24, 2.45) is 23.2 Å². The third kappa shape index (κ3) is 5.59. The molecule has 6 heteroatoms. The average molecular weight is 379 g/mol. The summed E-state index contributed by atoms with van der Waals surface area (Å²) < 4.78 is 0. The van der Waals surface area contributed by atoms with Crippen LogP contribution in [0.1, 0.15) is 58.8 Å². The Bertz CT molecular complexity index is 523. The normalized spacial score (nSPS) is 31.8. The molecule has 6 nitrogen and oxygen atoms in total. The molecule has 4 aliphatic rings. The number of rotatable bonds is 8. The van der Waals surface area contributed by atoms with Gasteiger partial charge in [0.05, 0.1) is 0 Å². The quantitative estimate of drug-likeness (QED) is 0.607. The largest absolute Gasteiger partial charge is 0.355 e. The molecule has 0 atom stereocenters. The van der Waals surface area contributed by atoms with E-state index in [0.29, 0.717) is 19.5 Å². The Morgan fingerprint density at radius 1 is 1.00 bits per heavy atom. The summed E-state index contributed by atoms with van der Waals surface area (Å²) in [6, 6.07) is -0.0994.